The third kappa shape index (κ3) is 1.33. The summed E-state index contributed by atoms with van der Waals surface area (Å²) in [6, 6.07) is 0. The first-order valence-corrected chi connectivity index (χ1v) is 4.22. The summed E-state index contributed by atoms with van der Waals surface area (Å²) in [7, 11) is 0. The maximum Gasteiger partial charge on any atom is 0.312 e. The minimum absolute atomic E-state index is 0.0121. The number of anilines is 1. The average Bonchev–Trinajstić information content (AvgIpc) is 2.44. The third-order valence-corrected chi connectivity index (χ3v) is 1.96. The predicted octanol–water partition coefficient (Wildman–Crippen LogP) is -0.874. The molecule has 2 aromatic heterocycles. The molecule has 0 amide bonds. The molecule has 0 bridgehead atoms. The van der Waals surface area contributed by atoms with Crippen molar-refractivity contribution < 1.29 is 4.73 Å². The maximum atomic E-state index is 11.5. The molecule has 7 heteroatoms. The monoisotopic (exact) mass is 207 g/mol. The molecule has 0 spiro atoms. The van der Waals surface area contributed by atoms with Crippen molar-refractivity contribution in [2.75, 3.05) is 5.73 Å². The summed E-state index contributed by atoms with van der Waals surface area (Å²) >= 11 is 0. The fraction of sp³-hybridized carbons (Fsp3) is 0.125. The summed E-state index contributed by atoms with van der Waals surface area (Å²) in [5, 5.41) is 11.4. The molecule has 0 saturated heterocycles. The van der Waals surface area contributed by atoms with Crippen LogP contribution >= 0.6 is 0 Å². The largest absolute Gasteiger partial charge is 0.740 e. The predicted molar refractivity (Wildman–Crippen MR) is 53.9 cm³/mol. The van der Waals surface area contributed by atoms with Gasteiger partial charge in [0.15, 0.2) is 6.33 Å². The number of nitrogens with one attached hydrogen (secondary N) is 1. The van der Waals surface area contributed by atoms with Gasteiger partial charge in [-0.25, -0.2) is 4.73 Å². The fourth-order valence-electron chi connectivity index (χ4n) is 1.40. The van der Waals surface area contributed by atoms with Gasteiger partial charge in [-0.05, 0) is 0 Å². The molecule has 0 fully saturated rings. The zero-order valence-electron chi connectivity index (χ0n) is 7.80. The number of allylic oxidation sites excluding steroid dienone is 1. The Labute approximate surface area is 84.1 Å². The summed E-state index contributed by atoms with van der Waals surface area (Å²) < 4.78 is 1.96. The van der Waals surface area contributed by atoms with Gasteiger partial charge in [-0.15, -0.1) is 0 Å². The van der Waals surface area contributed by atoms with E-state index in [0.717, 1.165) is 0 Å². The smallest absolute Gasteiger partial charge is 0.312 e. The normalized spacial score (nSPS) is 10.7. The second-order valence-corrected chi connectivity index (χ2v) is 3.01. The van der Waals surface area contributed by atoms with E-state index in [4.69, 9.17) is 5.73 Å². The van der Waals surface area contributed by atoms with Crippen LogP contribution in [0.15, 0.2) is 23.8 Å². The molecule has 3 N–H and O–H groups in total. The van der Waals surface area contributed by atoms with E-state index in [1.165, 1.54) is 10.9 Å². The van der Waals surface area contributed by atoms with Crippen molar-refractivity contribution in [2.24, 2.45) is 0 Å². The molecule has 2 heterocycles. The van der Waals surface area contributed by atoms with Crippen molar-refractivity contribution in [3.05, 3.63) is 34.5 Å². The van der Waals surface area contributed by atoms with E-state index in [0.29, 0.717) is 11.3 Å². The van der Waals surface area contributed by atoms with Gasteiger partial charge in [0.25, 0.3) is 11.5 Å². The highest BCUT2D eigenvalue weighted by Gasteiger charge is 2.16. The zero-order chi connectivity index (χ0) is 11.0. The number of imidazole rings is 1. The zero-order valence-corrected chi connectivity index (χ0v) is 7.80. The van der Waals surface area contributed by atoms with Crippen LogP contribution in [0.3, 0.4) is 0 Å². The Bertz CT molecular complexity index is 582. The van der Waals surface area contributed by atoms with Crippen LogP contribution in [0.1, 0.15) is 0 Å². The summed E-state index contributed by atoms with van der Waals surface area (Å²) in [5.74, 6) is -0.0755. The molecule has 78 valence electrons. The second kappa shape index (κ2) is 3.12. The van der Waals surface area contributed by atoms with Gasteiger partial charge in [-0.2, -0.15) is 0 Å². The van der Waals surface area contributed by atoms with Crippen molar-refractivity contribution in [2.45, 2.75) is 6.54 Å². The summed E-state index contributed by atoms with van der Waals surface area (Å²) in [4.78, 5) is 17.6. The lowest BCUT2D eigenvalue weighted by Gasteiger charge is -1.94. The van der Waals surface area contributed by atoms with Crippen molar-refractivity contribution in [3.8, 4) is 0 Å². The Kier molecular flexibility index (Phi) is 1.93. The molecule has 2 rings (SSSR count). The Morgan fingerprint density at radius 3 is 3.20 bits per heavy atom. The van der Waals surface area contributed by atoms with Gasteiger partial charge in [0, 0.05) is 0 Å². The molecule has 0 saturated carbocycles. The number of aromatic amines is 1. The first-order chi connectivity index (χ1) is 7.13. The van der Waals surface area contributed by atoms with Crippen molar-refractivity contribution >= 4 is 17.1 Å². The van der Waals surface area contributed by atoms with E-state index in [-0.39, 0.29) is 17.1 Å². The van der Waals surface area contributed by atoms with Crippen LogP contribution in [0.5, 0.6) is 0 Å². The van der Waals surface area contributed by atoms with Gasteiger partial charge in [-0.1, -0.05) is 17.6 Å². The molecule has 0 atom stereocenters. The van der Waals surface area contributed by atoms with Gasteiger partial charge in [0.05, 0.1) is 6.54 Å². The van der Waals surface area contributed by atoms with Crippen LogP contribution in [0.2, 0.25) is 0 Å². The third-order valence-electron chi connectivity index (χ3n) is 1.96. The fourth-order valence-corrected chi connectivity index (χ4v) is 1.40. The van der Waals surface area contributed by atoms with Crippen LogP contribution in [0, 0.1) is 5.21 Å². The lowest BCUT2D eigenvalue weighted by atomic mass is 10.5. The maximum absolute atomic E-state index is 11.5. The van der Waals surface area contributed by atoms with E-state index in [9.17, 15) is 10.0 Å². The quantitative estimate of drug-likeness (QED) is 0.379. The number of nitrogens with two attached hydrogens (primary N) is 1. The van der Waals surface area contributed by atoms with Crippen LogP contribution in [-0.4, -0.2) is 14.5 Å². The molecule has 2 aromatic rings. The SMILES string of the molecule is C=CCn1c[n+]([O-])c2nc(N)[nH]c(=O)c21. The molecular formula is C8H9N5O2. The molecule has 0 aliphatic carbocycles. The molecule has 0 radical (unpaired) electrons. The van der Waals surface area contributed by atoms with Gasteiger partial charge in [0.2, 0.25) is 5.52 Å². The number of hydrogen-bond donors (Lipinski definition) is 2. The molecule has 15 heavy (non-hydrogen) atoms. The molecular weight excluding hydrogens is 198 g/mol. The van der Waals surface area contributed by atoms with Crippen molar-refractivity contribution in [1.82, 2.24) is 14.5 Å². The van der Waals surface area contributed by atoms with Gasteiger partial charge in [-0.3, -0.25) is 14.3 Å². The number of fused-ring (bicyclic) bond motifs is 1. The molecule has 0 aliphatic rings. The first kappa shape index (κ1) is 9.25. The number of H-pyrrole nitrogens is 1. The van der Waals surface area contributed by atoms with Crippen molar-refractivity contribution in [1.29, 1.82) is 0 Å². The van der Waals surface area contributed by atoms with Gasteiger partial charge >= 0.3 is 5.65 Å². The average molecular weight is 207 g/mol. The van der Waals surface area contributed by atoms with E-state index in [1.54, 1.807) is 6.08 Å². The molecule has 0 aromatic carbocycles. The molecule has 0 aliphatic heterocycles. The van der Waals surface area contributed by atoms with Crippen LogP contribution in [-0.2, 0) is 6.54 Å². The number of hydrogen-bond acceptors (Lipinski definition) is 4. The Morgan fingerprint density at radius 2 is 2.53 bits per heavy atom. The lowest BCUT2D eigenvalue weighted by Crippen LogP contribution is -2.25. The van der Waals surface area contributed by atoms with Gasteiger partial charge < -0.3 is 10.9 Å². The minimum Gasteiger partial charge on any atom is -0.740 e. The second-order valence-electron chi connectivity index (χ2n) is 3.01. The summed E-state index contributed by atoms with van der Waals surface area (Å²) in [6.45, 7) is 3.89. The van der Waals surface area contributed by atoms with E-state index in [1.807, 2.05) is 0 Å². The van der Waals surface area contributed by atoms with E-state index in [2.05, 4.69) is 16.5 Å². The van der Waals surface area contributed by atoms with Gasteiger partial charge in [0.1, 0.15) is 0 Å². The van der Waals surface area contributed by atoms with Crippen LogP contribution in [0.25, 0.3) is 11.2 Å². The standard InChI is InChI=1S/C8H9N5O2/c1-2-3-12-4-13(15)6-5(12)7(14)11-8(9)10-6/h2,4H,1,3H2,(H3,9,10,11,14). The number of nitrogen functional groups attached to an aromatic ring is 1. The van der Waals surface area contributed by atoms with Crippen LogP contribution in [0.4, 0.5) is 5.95 Å². The number of aromatic nitrogens is 4. The topological polar surface area (TPSA) is 104 Å². The highest BCUT2D eigenvalue weighted by atomic mass is 16.5. The summed E-state index contributed by atoms with van der Waals surface area (Å²) in [5.41, 5.74) is 5.10. The highest BCUT2D eigenvalue weighted by Crippen LogP contribution is 2.03. The Balaban J connectivity index is 2.87. The highest BCUT2D eigenvalue weighted by molar-refractivity contribution is 5.67. The lowest BCUT2D eigenvalue weighted by molar-refractivity contribution is -0.580. The minimum atomic E-state index is -0.436. The Hall–Kier alpha value is -2.31. The molecule has 7 nitrogen and oxygen atoms in total. The van der Waals surface area contributed by atoms with E-state index >= 15 is 0 Å². The first-order valence-electron chi connectivity index (χ1n) is 4.22. The summed E-state index contributed by atoms with van der Waals surface area (Å²) in [6.07, 6.45) is 2.81. The van der Waals surface area contributed by atoms with Crippen molar-refractivity contribution in [3.63, 3.8) is 0 Å². The van der Waals surface area contributed by atoms with E-state index < -0.39 is 5.56 Å². The number of rotatable bonds is 2. The molecule has 0 unspecified atom stereocenters. The number of nitrogens with zero attached hydrogens (tertiary/aromatic N) is 3. The van der Waals surface area contributed by atoms with Crippen LogP contribution < -0.4 is 16.0 Å². The Morgan fingerprint density at radius 1 is 1.80 bits per heavy atom.